The number of anilines is 2. The molecule has 0 aliphatic carbocycles. The van der Waals surface area contributed by atoms with E-state index in [1.807, 2.05) is 61.5 Å². The molecule has 124 valence electrons. The summed E-state index contributed by atoms with van der Waals surface area (Å²) in [5.41, 5.74) is 2.96. The molecule has 1 saturated heterocycles. The van der Waals surface area contributed by atoms with Crippen LogP contribution in [0.15, 0.2) is 54.6 Å². The van der Waals surface area contributed by atoms with Crippen molar-refractivity contribution < 1.29 is 9.59 Å². The highest BCUT2D eigenvalue weighted by Crippen LogP contribution is 2.28. The van der Waals surface area contributed by atoms with Crippen LogP contribution in [0.4, 0.5) is 16.2 Å². The highest BCUT2D eigenvalue weighted by atomic mass is 32.2. The Kier molecular flexibility index (Phi) is 5.05. The van der Waals surface area contributed by atoms with E-state index in [0.29, 0.717) is 13.1 Å². The molecule has 0 bridgehead atoms. The summed E-state index contributed by atoms with van der Waals surface area (Å²) >= 11 is 1.03. The van der Waals surface area contributed by atoms with Crippen LogP contribution in [0.25, 0.3) is 0 Å². The van der Waals surface area contributed by atoms with Crippen molar-refractivity contribution in [2.24, 2.45) is 0 Å². The van der Waals surface area contributed by atoms with Crippen molar-refractivity contribution >= 4 is 34.3 Å². The number of nitrogens with one attached hydrogen (secondary N) is 2. The lowest BCUT2D eigenvalue weighted by atomic mass is 10.2. The lowest BCUT2D eigenvalue weighted by molar-refractivity contribution is -0.126. The zero-order chi connectivity index (χ0) is 16.9. The monoisotopic (exact) mass is 341 g/mol. The molecule has 0 saturated carbocycles. The van der Waals surface area contributed by atoms with E-state index in [-0.39, 0.29) is 11.1 Å². The number of para-hydroxylation sites is 1. The van der Waals surface area contributed by atoms with Crippen LogP contribution in [0.1, 0.15) is 5.56 Å². The Balaban J connectivity index is 1.54. The second-order valence-electron chi connectivity index (χ2n) is 5.56. The number of carbonyl (C=O) groups excluding carboxylic acids is 2. The van der Waals surface area contributed by atoms with E-state index in [2.05, 4.69) is 10.6 Å². The average Bonchev–Trinajstić information content (AvgIpc) is 2.85. The molecule has 2 amide bonds. The minimum atomic E-state index is -0.558. The largest absolute Gasteiger partial charge is 0.383 e. The second kappa shape index (κ2) is 7.40. The van der Waals surface area contributed by atoms with Gasteiger partial charge in [-0.25, -0.2) is 0 Å². The average molecular weight is 341 g/mol. The summed E-state index contributed by atoms with van der Waals surface area (Å²) in [7, 11) is 0. The Morgan fingerprint density at radius 2 is 1.71 bits per heavy atom. The highest BCUT2D eigenvalue weighted by molar-refractivity contribution is 8.15. The van der Waals surface area contributed by atoms with Crippen LogP contribution < -0.4 is 10.6 Å². The predicted octanol–water partition coefficient (Wildman–Crippen LogP) is 3.54. The number of aryl methyl sites for hydroxylation is 1. The van der Waals surface area contributed by atoms with E-state index >= 15 is 0 Å². The molecule has 0 radical (unpaired) electrons. The maximum atomic E-state index is 12.4. The van der Waals surface area contributed by atoms with Crippen molar-refractivity contribution in [1.29, 1.82) is 0 Å². The number of nitrogens with zero attached hydrogens (tertiary/aromatic N) is 1. The fourth-order valence-electron chi connectivity index (χ4n) is 2.41. The minimum absolute atomic E-state index is 0.194. The van der Waals surface area contributed by atoms with Crippen molar-refractivity contribution in [2.45, 2.75) is 12.3 Å². The smallest absolute Gasteiger partial charge is 0.290 e. The summed E-state index contributed by atoms with van der Waals surface area (Å²) < 4.78 is 0. The SMILES string of the molecule is Cc1ccc(N[C@H]2SC(=O)N(CCNc3ccccc3)C2=O)cc1. The van der Waals surface area contributed by atoms with Crippen LogP contribution in [0.2, 0.25) is 0 Å². The first-order chi connectivity index (χ1) is 11.6. The number of benzene rings is 2. The van der Waals surface area contributed by atoms with Crippen LogP contribution in [0.5, 0.6) is 0 Å². The molecule has 1 fully saturated rings. The molecule has 2 aromatic carbocycles. The number of thioether (sulfide) groups is 1. The van der Waals surface area contributed by atoms with Gasteiger partial charge in [0.05, 0.1) is 0 Å². The maximum Gasteiger partial charge on any atom is 0.290 e. The number of imide groups is 1. The van der Waals surface area contributed by atoms with E-state index in [1.54, 1.807) is 0 Å². The predicted molar refractivity (Wildman–Crippen MR) is 98.2 cm³/mol. The summed E-state index contributed by atoms with van der Waals surface area (Å²) in [4.78, 5) is 25.8. The lowest BCUT2D eigenvalue weighted by Gasteiger charge is -2.15. The molecule has 1 aliphatic rings. The number of amides is 2. The van der Waals surface area contributed by atoms with E-state index < -0.39 is 5.37 Å². The Hall–Kier alpha value is -2.47. The van der Waals surface area contributed by atoms with Gasteiger partial charge in [0.15, 0.2) is 5.37 Å². The minimum Gasteiger partial charge on any atom is -0.383 e. The second-order valence-corrected chi connectivity index (χ2v) is 6.61. The van der Waals surface area contributed by atoms with Gasteiger partial charge in [-0.1, -0.05) is 35.9 Å². The third-order valence-electron chi connectivity index (χ3n) is 3.72. The summed E-state index contributed by atoms with van der Waals surface area (Å²) in [5, 5.41) is 5.56. The highest BCUT2D eigenvalue weighted by Gasteiger charge is 2.39. The van der Waals surface area contributed by atoms with Gasteiger partial charge in [-0.05, 0) is 43.0 Å². The summed E-state index contributed by atoms with van der Waals surface area (Å²) in [6, 6.07) is 17.5. The van der Waals surface area contributed by atoms with E-state index in [9.17, 15) is 9.59 Å². The molecule has 5 nitrogen and oxygen atoms in total. The molecule has 1 aliphatic heterocycles. The first-order valence-electron chi connectivity index (χ1n) is 7.77. The van der Waals surface area contributed by atoms with Gasteiger partial charge in [0.25, 0.3) is 11.1 Å². The molecule has 0 aromatic heterocycles. The maximum absolute atomic E-state index is 12.4. The van der Waals surface area contributed by atoms with Crippen molar-refractivity contribution in [3.63, 3.8) is 0 Å². The fraction of sp³-hybridized carbons (Fsp3) is 0.222. The van der Waals surface area contributed by atoms with Crippen LogP contribution >= 0.6 is 11.8 Å². The molecule has 1 atom stereocenters. The molecule has 1 heterocycles. The number of rotatable bonds is 6. The van der Waals surface area contributed by atoms with Gasteiger partial charge in [-0.2, -0.15) is 0 Å². The quantitative estimate of drug-likeness (QED) is 0.841. The Morgan fingerprint density at radius 3 is 2.42 bits per heavy atom. The van der Waals surface area contributed by atoms with Gasteiger partial charge >= 0.3 is 0 Å². The normalized spacial score (nSPS) is 17.2. The van der Waals surface area contributed by atoms with Crippen LogP contribution in [-0.2, 0) is 4.79 Å². The van der Waals surface area contributed by atoms with Crippen molar-refractivity contribution in [3.8, 4) is 0 Å². The topological polar surface area (TPSA) is 61.4 Å². The van der Waals surface area contributed by atoms with E-state index in [0.717, 1.165) is 28.7 Å². The van der Waals surface area contributed by atoms with Gasteiger partial charge in [0.1, 0.15) is 0 Å². The van der Waals surface area contributed by atoms with E-state index in [1.165, 1.54) is 4.90 Å². The first-order valence-corrected chi connectivity index (χ1v) is 8.65. The molecule has 0 spiro atoms. The van der Waals surface area contributed by atoms with E-state index in [4.69, 9.17) is 0 Å². The van der Waals surface area contributed by atoms with Crippen molar-refractivity contribution in [2.75, 3.05) is 23.7 Å². The third kappa shape index (κ3) is 3.89. The Bertz CT molecular complexity index is 719. The third-order valence-corrected chi connectivity index (χ3v) is 4.69. The summed E-state index contributed by atoms with van der Waals surface area (Å²) in [5.74, 6) is -0.194. The zero-order valence-corrected chi connectivity index (χ0v) is 14.2. The molecule has 24 heavy (non-hydrogen) atoms. The van der Waals surface area contributed by atoms with Crippen LogP contribution in [0, 0.1) is 6.92 Å². The number of hydrogen-bond donors (Lipinski definition) is 2. The first kappa shape index (κ1) is 16.4. The number of carbonyl (C=O) groups is 2. The Labute approximate surface area is 145 Å². The number of hydrogen-bond acceptors (Lipinski definition) is 5. The summed E-state index contributed by atoms with van der Waals surface area (Å²) in [6.45, 7) is 2.88. The van der Waals surface area contributed by atoms with Crippen molar-refractivity contribution in [1.82, 2.24) is 4.90 Å². The molecular weight excluding hydrogens is 322 g/mol. The van der Waals surface area contributed by atoms with Gasteiger partial charge in [0, 0.05) is 24.5 Å². The molecule has 3 rings (SSSR count). The van der Waals surface area contributed by atoms with Gasteiger partial charge in [-0.15, -0.1) is 0 Å². The molecular formula is C18H19N3O2S. The molecule has 0 unspecified atom stereocenters. The van der Waals surface area contributed by atoms with Crippen LogP contribution in [-0.4, -0.2) is 34.5 Å². The standard InChI is InChI=1S/C18H19N3O2S/c1-13-7-9-15(10-8-13)20-16-17(22)21(18(23)24-16)12-11-19-14-5-3-2-4-6-14/h2-10,16,19-20H,11-12H2,1H3/t16-/m0/s1. The zero-order valence-electron chi connectivity index (χ0n) is 13.4. The summed E-state index contributed by atoms with van der Waals surface area (Å²) in [6.07, 6.45) is 0. The lowest BCUT2D eigenvalue weighted by Crippen LogP contribution is -2.37. The fourth-order valence-corrected chi connectivity index (χ4v) is 3.34. The molecule has 2 N–H and O–H groups in total. The van der Waals surface area contributed by atoms with Gasteiger partial charge < -0.3 is 10.6 Å². The van der Waals surface area contributed by atoms with Crippen LogP contribution in [0.3, 0.4) is 0 Å². The van der Waals surface area contributed by atoms with Crippen molar-refractivity contribution in [3.05, 3.63) is 60.2 Å². The Morgan fingerprint density at radius 1 is 1.00 bits per heavy atom. The van der Waals surface area contributed by atoms with Gasteiger partial charge in [-0.3, -0.25) is 14.5 Å². The molecule has 6 heteroatoms. The molecule has 2 aromatic rings. The van der Waals surface area contributed by atoms with Gasteiger partial charge in [0.2, 0.25) is 0 Å².